The molecule has 7 unspecified atom stereocenters. The van der Waals surface area contributed by atoms with Gasteiger partial charge in [-0.2, -0.15) is 0 Å². The number of para-hydroxylation sites is 1. The van der Waals surface area contributed by atoms with E-state index in [-0.39, 0.29) is 12.3 Å². The highest BCUT2D eigenvalue weighted by atomic mass is 16.5. The van der Waals surface area contributed by atoms with Crippen LogP contribution in [0.1, 0.15) is 101 Å². The van der Waals surface area contributed by atoms with Crippen LogP contribution in [0.15, 0.2) is 100.0 Å². The molecule has 44 heavy (non-hydrogen) atoms. The predicted molar refractivity (Wildman–Crippen MR) is 180 cm³/mol. The minimum atomic E-state index is 0.0765. The lowest BCUT2D eigenvalue weighted by Crippen LogP contribution is -2.47. The van der Waals surface area contributed by atoms with Crippen LogP contribution in [0.2, 0.25) is 0 Å². The molecule has 4 nitrogen and oxygen atoms in total. The predicted octanol–water partition coefficient (Wildman–Crippen LogP) is 8.96. The number of allylic oxidation sites excluding steroid dienone is 8. The zero-order valence-corrected chi connectivity index (χ0v) is 26.1. The van der Waals surface area contributed by atoms with Gasteiger partial charge in [0.1, 0.15) is 18.0 Å². The second-order valence-electron chi connectivity index (χ2n) is 14.5. The van der Waals surface area contributed by atoms with Gasteiger partial charge in [-0.3, -0.25) is 4.99 Å². The summed E-state index contributed by atoms with van der Waals surface area (Å²) in [6.45, 7) is 0. The van der Waals surface area contributed by atoms with Crippen molar-refractivity contribution in [2.45, 2.75) is 120 Å². The van der Waals surface area contributed by atoms with Crippen molar-refractivity contribution in [1.82, 2.24) is 5.32 Å². The minimum absolute atomic E-state index is 0.0765. The van der Waals surface area contributed by atoms with Crippen molar-refractivity contribution >= 4 is 11.4 Å². The molecule has 7 atom stereocenters. The highest BCUT2D eigenvalue weighted by Crippen LogP contribution is 2.49. The summed E-state index contributed by atoms with van der Waals surface area (Å²) in [4.78, 5) is 8.43. The SMILES string of the molecule is C1=CC2=C(CC1)OC1C2CCCC1C1N=C(C2=CC(N3c4ccccc4C4C=CCCC43)CCC2)C=C(C2=CCCCC2)N1. The molecule has 3 aliphatic heterocycles. The van der Waals surface area contributed by atoms with Gasteiger partial charge in [0, 0.05) is 47.6 Å². The van der Waals surface area contributed by atoms with E-state index in [1.54, 1.807) is 0 Å². The molecule has 5 aliphatic carbocycles. The first kappa shape index (κ1) is 27.1. The standard InChI is InChI=1S/C40H47N3O/c1-2-12-26(13-3-1)34-25-35(42-40(41-34)33-20-11-19-32-31-18-6-9-23-38(31)44-39(32)33)27-14-10-15-28(24-27)43-36-21-7-4-16-29(36)30-17-5-8-22-37(30)43/h4-7,12,16-18,21,24-25,28,30,32-33,37,39-41H,1-3,8-11,13-15,19-20,22-23H2. The number of hydrogen-bond donors (Lipinski definition) is 1. The van der Waals surface area contributed by atoms with Crippen molar-refractivity contribution in [3.8, 4) is 0 Å². The molecule has 1 aromatic rings. The van der Waals surface area contributed by atoms with Crippen LogP contribution in [-0.2, 0) is 4.74 Å². The average molecular weight is 586 g/mol. The second-order valence-corrected chi connectivity index (χ2v) is 14.5. The van der Waals surface area contributed by atoms with Gasteiger partial charge in [0.25, 0.3) is 0 Å². The molecule has 8 aliphatic rings. The van der Waals surface area contributed by atoms with Crippen LogP contribution in [0.3, 0.4) is 0 Å². The van der Waals surface area contributed by atoms with E-state index in [0.29, 0.717) is 29.8 Å². The van der Waals surface area contributed by atoms with Crippen LogP contribution in [0.25, 0.3) is 0 Å². The number of ether oxygens (including phenoxy) is 1. The zero-order chi connectivity index (χ0) is 29.0. The van der Waals surface area contributed by atoms with Gasteiger partial charge in [0.15, 0.2) is 0 Å². The van der Waals surface area contributed by atoms with Gasteiger partial charge in [0.05, 0.1) is 5.71 Å². The largest absolute Gasteiger partial charge is 0.493 e. The van der Waals surface area contributed by atoms with Crippen LogP contribution in [0, 0.1) is 11.8 Å². The van der Waals surface area contributed by atoms with Gasteiger partial charge >= 0.3 is 0 Å². The molecule has 0 spiro atoms. The Kier molecular flexibility index (Phi) is 6.93. The van der Waals surface area contributed by atoms with Crippen molar-refractivity contribution in [2.75, 3.05) is 4.90 Å². The number of rotatable bonds is 4. The lowest BCUT2D eigenvalue weighted by molar-refractivity contribution is 0.0143. The van der Waals surface area contributed by atoms with Crippen molar-refractivity contribution in [1.29, 1.82) is 0 Å². The Morgan fingerprint density at radius 2 is 1.82 bits per heavy atom. The molecule has 1 fully saturated rings. The van der Waals surface area contributed by atoms with Crippen LogP contribution >= 0.6 is 0 Å². The van der Waals surface area contributed by atoms with Gasteiger partial charge in [-0.1, -0.05) is 61.1 Å². The summed E-state index contributed by atoms with van der Waals surface area (Å²) < 4.78 is 6.82. The number of aliphatic imine (C=N–C) groups is 1. The summed E-state index contributed by atoms with van der Waals surface area (Å²) >= 11 is 0. The van der Waals surface area contributed by atoms with E-state index < -0.39 is 0 Å². The van der Waals surface area contributed by atoms with Gasteiger partial charge in [-0.15, -0.1) is 0 Å². The molecule has 0 bridgehead atoms. The molecule has 1 aromatic carbocycles. The Bertz CT molecular complexity index is 1540. The Morgan fingerprint density at radius 3 is 2.77 bits per heavy atom. The van der Waals surface area contributed by atoms with E-state index in [4.69, 9.17) is 9.73 Å². The third kappa shape index (κ3) is 4.58. The first-order valence-electron chi connectivity index (χ1n) is 17.9. The molecule has 9 rings (SSSR count). The molecule has 228 valence electrons. The van der Waals surface area contributed by atoms with E-state index >= 15 is 0 Å². The summed E-state index contributed by atoms with van der Waals surface area (Å²) in [5.74, 6) is 2.75. The molecule has 3 heterocycles. The quantitative estimate of drug-likeness (QED) is 0.358. The Morgan fingerprint density at radius 1 is 0.864 bits per heavy atom. The molecular weight excluding hydrogens is 538 g/mol. The first-order valence-corrected chi connectivity index (χ1v) is 17.9. The molecule has 0 amide bonds. The van der Waals surface area contributed by atoms with Gasteiger partial charge in [0.2, 0.25) is 0 Å². The van der Waals surface area contributed by atoms with Crippen molar-refractivity contribution in [3.05, 3.63) is 101 Å². The Hall–Kier alpha value is -3.27. The van der Waals surface area contributed by atoms with Gasteiger partial charge in [-0.05, 0) is 111 Å². The monoisotopic (exact) mass is 585 g/mol. The second kappa shape index (κ2) is 11.3. The fraction of sp³-hybridized carbons (Fsp3) is 0.525. The highest BCUT2D eigenvalue weighted by Gasteiger charge is 2.47. The van der Waals surface area contributed by atoms with Gasteiger partial charge in [-0.25, -0.2) is 0 Å². The van der Waals surface area contributed by atoms with E-state index in [0.717, 1.165) is 19.3 Å². The highest BCUT2D eigenvalue weighted by molar-refractivity contribution is 6.09. The first-order chi connectivity index (χ1) is 21.8. The van der Waals surface area contributed by atoms with E-state index in [1.165, 1.54) is 116 Å². The van der Waals surface area contributed by atoms with E-state index in [1.807, 2.05) is 0 Å². The smallest absolute Gasteiger partial charge is 0.125 e. The molecular formula is C40H47N3O. The van der Waals surface area contributed by atoms with Crippen molar-refractivity contribution in [3.63, 3.8) is 0 Å². The molecule has 4 heteroatoms. The summed E-state index contributed by atoms with van der Waals surface area (Å²) in [5, 5.41) is 4.02. The fourth-order valence-electron chi connectivity index (χ4n) is 9.91. The van der Waals surface area contributed by atoms with Crippen LogP contribution in [0.5, 0.6) is 0 Å². The van der Waals surface area contributed by atoms with Crippen LogP contribution in [-0.4, -0.2) is 30.1 Å². The van der Waals surface area contributed by atoms with Crippen LogP contribution < -0.4 is 10.2 Å². The summed E-state index contributed by atoms with van der Waals surface area (Å²) in [6, 6.07) is 10.2. The summed E-state index contributed by atoms with van der Waals surface area (Å²) in [7, 11) is 0. The molecule has 0 saturated heterocycles. The summed E-state index contributed by atoms with van der Waals surface area (Å²) in [6.07, 6.45) is 34.4. The number of fused-ring (bicyclic) bond motifs is 5. The van der Waals surface area contributed by atoms with E-state index in [9.17, 15) is 0 Å². The number of anilines is 1. The molecule has 0 radical (unpaired) electrons. The average Bonchev–Trinajstić information content (AvgIpc) is 3.65. The third-order valence-corrected chi connectivity index (χ3v) is 12.0. The molecule has 1 saturated carbocycles. The zero-order valence-electron chi connectivity index (χ0n) is 26.1. The lowest BCUT2D eigenvalue weighted by atomic mass is 9.74. The van der Waals surface area contributed by atoms with E-state index in [2.05, 4.69) is 77.0 Å². The number of nitrogens with one attached hydrogen (secondary N) is 1. The Labute approximate surface area is 263 Å². The number of nitrogens with zero attached hydrogens (tertiary/aromatic N) is 2. The maximum atomic E-state index is 6.82. The normalized spacial score (nSPS) is 35.7. The Balaban J connectivity index is 1.06. The lowest BCUT2D eigenvalue weighted by Gasteiger charge is -2.40. The maximum Gasteiger partial charge on any atom is 0.125 e. The summed E-state index contributed by atoms with van der Waals surface area (Å²) in [5.41, 5.74) is 10.0. The van der Waals surface area contributed by atoms with Crippen molar-refractivity contribution in [2.24, 2.45) is 16.8 Å². The number of hydrogen-bond acceptors (Lipinski definition) is 4. The topological polar surface area (TPSA) is 36.9 Å². The third-order valence-electron chi connectivity index (χ3n) is 12.0. The van der Waals surface area contributed by atoms with Gasteiger partial charge < -0.3 is 15.0 Å². The minimum Gasteiger partial charge on any atom is -0.493 e. The maximum absolute atomic E-state index is 6.82. The van der Waals surface area contributed by atoms with Crippen LogP contribution in [0.4, 0.5) is 5.69 Å². The number of benzene rings is 1. The molecule has 0 aromatic heterocycles. The molecule has 1 N–H and O–H groups in total. The van der Waals surface area contributed by atoms with Crippen molar-refractivity contribution < 1.29 is 4.74 Å². The fourth-order valence-corrected chi connectivity index (χ4v) is 9.91.